The van der Waals surface area contributed by atoms with Crippen molar-refractivity contribution in [3.05, 3.63) is 72.9 Å². The van der Waals surface area contributed by atoms with E-state index in [2.05, 4.69) is 93.7 Å². The van der Waals surface area contributed by atoms with Gasteiger partial charge in [0.15, 0.2) is 6.10 Å². The fraction of sp³-hybridized carbons (Fsp3) is 0.750. The number of hydrogen-bond acceptors (Lipinski definition) is 6. The second-order valence-corrected chi connectivity index (χ2v) is 18.5. The smallest absolute Gasteiger partial charge is 0.306 e. The van der Waals surface area contributed by atoms with Gasteiger partial charge in [0.2, 0.25) is 0 Å². The van der Waals surface area contributed by atoms with Gasteiger partial charge >= 0.3 is 17.9 Å². The summed E-state index contributed by atoms with van der Waals surface area (Å²) in [6.45, 7) is 6.45. The minimum absolute atomic E-state index is 0.0876. The number of hydrogen-bond donors (Lipinski definition) is 0. The molecule has 0 saturated carbocycles. The van der Waals surface area contributed by atoms with Crippen LogP contribution in [-0.4, -0.2) is 37.2 Å². The van der Waals surface area contributed by atoms with Gasteiger partial charge in [0.05, 0.1) is 0 Å². The van der Waals surface area contributed by atoms with Crippen LogP contribution < -0.4 is 0 Å². The zero-order valence-corrected chi connectivity index (χ0v) is 43.4. The average Bonchev–Trinajstić information content (AvgIpc) is 3.31. The van der Waals surface area contributed by atoms with Crippen LogP contribution in [0.1, 0.15) is 271 Å². The maximum atomic E-state index is 12.8. The molecule has 0 aliphatic carbocycles. The minimum Gasteiger partial charge on any atom is -0.462 e. The van der Waals surface area contributed by atoms with E-state index in [-0.39, 0.29) is 31.1 Å². The van der Waals surface area contributed by atoms with Gasteiger partial charge in [-0.2, -0.15) is 0 Å². The van der Waals surface area contributed by atoms with E-state index in [0.29, 0.717) is 19.3 Å². The van der Waals surface area contributed by atoms with Crippen molar-refractivity contribution in [2.75, 3.05) is 13.2 Å². The van der Waals surface area contributed by atoms with Crippen molar-refractivity contribution >= 4 is 17.9 Å². The van der Waals surface area contributed by atoms with Crippen LogP contribution in [0.2, 0.25) is 0 Å². The summed E-state index contributed by atoms with van der Waals surface area (Å²) >= 11 is 0. The van der Waals surface area contributed by atoms with Crippen LogP contribution in [0.3, 0.4) is 0 Å². The van der Waals surface area contributed by atoms with E-state index in [1.54, 1.807) is 0 Å². The van der Waals surface area contributed by atoms with Crippen molar-refractivity contribution in [3.8, 4) is 0 Å². The highest BCUT2D eigenvalue weighted by Crippen LogP contribution is 2.16. The molecule has 6 nitrogen and oxygen atoms in total. The quantitative estimate of drug-likeness (QED) is 0.0262. The van der Waals surface area contributed by atoms with Crippen molar-refractivity contribution in [2.45, 2.75) is 277 Å². The first-order chi connectivity index (χ1) is 32.5. The third-order valence-electron chi connectivity index (χ3n) is 12.0. The molecule has 0 radical (unpaired) electrons. The molecule has 0 amide bonds. The molecule has 66 heavy (non-hydrogen) atoms. The van der Waals surface area contributed by atoms with Gasteiger partial charge in [0.25, 0.3) is 0 Å². The highest BCUT2D eigenvalue weighted by atomic mass is 16.6. The largest absolute Gasteiger partial charge is 0.462 e. The normalized spacial score (nSPS) is 12.6. The maximum Gasteiger partial charge on any atom is 0.306 e. The number of allylic oxidation sites excluding steroid dienone is 12. The SMILES string of the molecule is CC/C=C\C/C=C\C/C=C\C/C=C\C/C=C\C/C=C\CCCCC(=O)OCC(COC(=O)CCCCCCCC)OC(=O)CCCCCCCCCCCCCCCCCCCCCCC. The molecule has 0 N–H and O–H groups in total. The molecule has 0 aliphatic heterocycles. The van der Waals surface area contributed by atoms with Crippen molar-refractivity contribution in [2.24, 2.45) is 0 Å². The average molecular weight is 921 g/mol. The lowest BCUT2D eigenvalue weighted by Crippen LogP contribution is -2.30. The van der Waals surface area contributed by atoms with Crippen LogP contribution in [0.5, 0.6) is 0 Å². The van der Waals surface area contributed by atoms with Crippen molar-refractivity contribution < 1.29 is 28.6 Å². The van der Waals surface area contributed by atoms with E-state index in [0.717, 1.165) is 96.3 Å². The summed E-state index contributed by atoms with van der Waals surface area (Å²) in [6.07, 6.45) is 69.3. The standard InChI is InChI=1S/C60H104O6/c1-4-7-10-13-16-18-20-22-24-26-28-30-32-34-36-38-40-42-44-47-50-53-59(62)65-56-57(55-64-58(61)52-49-46-15-12-9-6-3)66-60(63)54-51-48-45-43-41-39-37-35-33-31-29-27-25-23-21-19-17-14-11-8-5-2/h7,10,16,18,22,24,28,30,34,36,40,42,57H,4-6,8-9,11-15,17,19-21,23,25-27,29,31-33,35,37-39,41,43-56H2,1-3H3/b10-7-,18-16-,24-22-,30-28-,36-34-,42-40-. The van der Waals surface area contributed by atoms with Crippen LogP contribution in [0, 0.1) is 0 Å². The minimum atomic E-state index is -0.788. The Bertz CT molecular complexity index is 1240. The molecule has 0 aromatic carbocycles. The molecule has 0 aromatic rings. The molecule has 0 bridgehead atoms. The van der Waals surface area contributed by atoms with Crippen molar-refractivity contribution in [3.63, 3.8) is 0 Å². The third kappa shape index (κ3) is 51.8. The van der Waals surface area contributed by atoms with Gasteiger partial charge in [0, 0.05) is 19.3 Å². The molecule has 0 spiro atoms. The van der Waals surface area contributed by atoms with Gasteiger partial charge in [0.1, 0.15) is 13.2 Å². The second kappa shape index (κ2) is 54.5. The number of carbonyl (C=O) groups excluding carboxylic acids is 3. The van der Waals surface area contributed by atoms with E-state index in [1.807, 2.05) is 0 Å². The fourth-order valence-electron chi connectivity index (χ4n) is 7.80. The lowest BCUT2D eigenvalue weighted by Gasteiger charge is -2.18. The fourth-order valence-corrected chi connectivity index (χ4v) is 7.80. The van der Waals surface area contributed by atoms with Gasteiger partial charge in [-0.3, -0.25) is 14.4 Å². The van der Waals surface area contributed by atoms with Gasteiger partial charge in [-0.25, -0.2) is 0 Å². The van der Waals surface area contributed by atoms with E-state index in [1.165, 1.54) is 135 Å². The van der Waals surface area contributed by atoms with Crippen LogP contribution >= 0.6 is 0 Å². The summed E-state index contributed by atoms with van der Waals surface area (Å²) in [5, 5.41) is 0. The Hall–Kier alpha value is -3.15. The number of carbonyl (C=O) groups is 3. The predicted octanol–water partition coefficient (Wildman–Crippen LogP) is 18.6. The van der Waals surface area contributed by atoms with Crippen LogP contribution in [0.15, 0.2) is 72.9 Å². The van der Waals surface area contributed by atoms with Gasteiger partial charge in [-0.15, -0.1) is 0 Å². The molecule has 0 saturated heterocycles. The van der Waals surface area contributed by atoms with E-state index >= 15 is 0 Å². The van der Waals surface area contributed by atoms with E-state index in [4.69, 9.17) is 14.2 Å². The highest BCUT2D eigenvalue weighted by molar-refractivity contribution is 5.71. The molecule has 1 atom stereocenters. The summed E-state index contributed by atoms with van der Waals surface area (Å²) in [4.78, 5) is 37.8. The number of unbranched alkanes of at least 4 members (excludes halogenated alkanes) is 27. The molecule has 0 rings (SSSR count). The monoisotopic (exact) mass is 921 g/mol. The summed E-state index contributed by atoms with van der Waals surface area (Å²) < 4.78 is 16.7. The summed E-state index contributed by atoms with van der Waals surface area (Å²) in [5.74, 6) is -0.935. The molecule has 380 valence electrons. The summed E-state index contributed by atoms with van der Waals surface area (Å²) in [5.41, 5.74) is 0. The van der Waals surface area contributed by atoms with Gasteiger partial charge in [-0.1, -0.05) is 254 Å². The second-order valence-electron chi connectivity index (χ2n) is 18.5. The van der Waals surface area contributed by atoms with Crippen molar-refractivity contribution in [1.82, 2.24) is 0 Å². The van der Waals surface area contributed by atoms with Crippen LogP contribution in [0.4, 0.5) is 0 Å². The van der Waals surface area contributed by atoms with Gasteiger partial charge in [-0.05, 0) is 70.6 Å². The molecule has 6 heteroatoms. The zero-order chi connectivity index (χ0) is 47.9. The first kappa shape index (κ1) is 62.8. The molecular formula is C60H104O6. The molecule has 0 heterocycles. The topological polar surface area (TPSA) is 78.9 Å². The Balaban J connectivity index is 4.23. The molecule has 0 aliphatic rings. The first-order valence-corrected chi connectivity index (χ1v) is 27.9. The summed E-state index contributed by atoms with van der Waals surface area (Å²) in [6, 6.07) is 0. The summed E-state index contributed by atoms with van der Waals surface area (Å²) in [7, 11) is 0. The Morgan fingerprint density at radius 1 is 0.318 bits per heavy atom. The third-order valence-corrected chi connectivity index (χ3v) is 12.0. The Morgan fingerprint density at radius 2 is 0.591 bits per heavy atom. The molecular weight excluding hydrogens is 817 g/mol. The Kier molecular flexibility index (Phi) is 51.9. The van der Waals surface area contributed by atoms with Crippen LogP contribution in [0.25, 0.3) is 0 Å². The first-order valence-electron chi connectivity index (χ1n) is 27.9. The highest BCUT2D eigenvalue weighted by Gasteiger charge is 2.19. The van der Waals surface area contributed by atoms with Gasteiger partial charge < -0.3 is 14.2 Å². The molecule has 0 fully saturated rings. The lowest BCUT2D eigenvalue weighted by atomic mass is 10.0. The molecule has 1 unspecified atom stereocenters. The van der Waals surface area contributed by atoms with Crippen LogP contribution in [-0.2, 0) is 28.6 Å². The van der Waals surface area contributed by atoms with E-state index in [9.17, 15) is 14.4 Å². The number of rotatable bonds is 50. The maximum absolute atomic E-state index is 12.8. The Morgan fingerprint density at radius 3 is 0.924 bits per heavy atom. The zero-order valence-electron chi connectivity index (χ0n) is 43.4. The number of esters is 3. The number of ether oxygens (including phenoxy) is 3. The predicted molar refractivity (Wildman–Crippen MR) is 284 cm³/mol. The Labute approximate surface area is 408 Å². The van der Waals surface area contributed by atoms with Crippen molar-refractivity contribution in [1.29, 1.82) is 0 Å². The lowest BCUT2D eigenvalue weighted by molar-refractivity contribution is -0.167. The molecule has 0 aromatic heterocycles. The van der Waals surface area contributed by atoms with E-state index < -0.39 is 6.10 Å².